The lowest BCUT2D eigenvalue weighted by Crippen LogP contribution is -1.98. The van der Waals surface area contributed by atoms with Gasteiger partial charge >= 0.3 is 0 Å². The number of nitrogens with zero attached hydrogens (tertiary/aromatic N) is 2. The van der Waals surface area contributed by atoms with Crippen molar-refractivity contribution in [1.29, 1.82) is 0 Å². The maximum absolute atomic E-state index is 6.19. The van der Waals surface area contributed by atoms with Gasteiger partial charge in [0.15, 0.2) is 11.5 Å². The van der Waals surface area contributed by atoms with Crippen molar-refractivity contribution in [3.63, 3.8) is 0 Å². The number of rotatable bonds is 6. The van der Waals surface area contributed by atoms with Crippen molar-refractivity contribution < 1.29 is 9.47 Å². The molecular weight excluding hydrogens is 310 g/mol. The van der Waals surface area contributed by atoms with Gasteiger partial charge in [0.05, 0.1) is 30.6 Å². The molecule has 0 bridgehead atoms. The average Bonchev–Trinajstić information content (AvgIpc) is 2.87. The van der Waals surface area contributed by atoms with Crippen molar-refractivity contribution in [2.75, 3.05) is 19.1 Å². The quantitative estimate of drug-likeness (QED) is 0.645. The van der Waals surface area contributed by atoms with E-state index in [0.717, 1.165) is 16.4 Å². The number of hydrazone groups is 1. The van der Waals surface area contributed by atoms with E-state index in [1.807, 2.05) is 25.3 Å². The molecule has 0 unspecified atom stereocenters. The Balaban J connectivity index is 2.14. The summed E-state index contributed by atoms with van der Waals surface area (Å²) in [4.78, 5) is 4.25. The molecule has 0 amide bonds. The zero-order chi connectivity index (χ0) is 15.2. The molecule has 0 saturated carbocycles. The number of aromatic nitrogens is 1. The van der Waals surface area contributed by atoms with E-state index in [1.54, 1.807) is 19.4 Å². The van der Waals surface area contributed by atoms with Crippen molar-refractivity contribution in [2.45, 2.75) is 13.8 Å². The van der Waals surface area contributed by atoms with E-state index in [2.05, 4.69) is 15.5 Å². The van der Waals surface area contributed by atoms with Crippen molar-refractivity contribution in [2.24, 2.45) is 5.10 Å². The van der Waals surface area contributed by atoms with Gasteiger partial charge in [-0.15, -0.1) is 11.3 Å². The van der Waals surface area contributed by atoms with Crippen LogP contribution in [0.1, 0.15) is 18.2 Å². The van der Waals surface area contributed by atoms with Crippen molar-refractivity contribution in [1.82, 2.24) is 4.98 Å². The fourth-order valence-electron chi connectivity index (χ4n) is 1.67. The number of hydrogen-bond donors (Lipinski definition) is 1. The predicted molar refractivity (Wildman–Crippen MR) is 87.2 cm³/mol. The first-order valence-corrected chi connectivity index (χ1v) is 7.61. The molecular formula is C14H16ClN3O2S. The minimum absolute atomic E-state index is 0.489. The standard InChI is InChI=1S/C14H16ClN3O2S/c1-4-20-13-11(15)5-10(6-12(13)19-3)7-16-18-14-17-9(2)8-21-14/h5-8H,4H2,1-3H3,(H,17,18). The fraction of sp³-hybridized carbons (Fsp3) is 0.286. The second-order valence-electron chi connectivity index (χ2n) is 4.13. The Morgan fingerprint density at radius 3 is 2.90 bits per heavy atom. The van der Waals surface area contributed by atoms with Crippen LogP contribution in [0.15, 0.2) is 22.6 Å². The van der Waals surface area contributed by atoms with Gasteiger partial charge in [-0.1, -0.05) is 11.6 Å². The molecule has 0 aliphatic heterocycles. The highest BCUT2D eigenvalue weighted by atomic mass is 35.5. The van der Waals surface area contributed by atoms with Crippen molar-refractivity contribution in [3.05, 3.63) is 33.8 Å². The van der Waals surface area contributed by atoms with Crippen LogP contribution in [-0.2, 0) is 0 Å². The number of halogens is 1. The SMILES string of the molecule is CCOc1c(Cl)cc(C=NNc2nc(C)cs2)cc1OC. The second-order valence-corrected chi connectivity index (χ2v) is 5.40. The minimum Gasteiger partial charge on any atom is -0.493 e. The molecule has 2 rings (SSSR count). The molecule has 0 aliphatic rings. The number of anilines is 1. The van der Waals surface area contributed by atoms with Crippen molar-refractivity contribution in [3.8, 4) is 11.5 Å². The summed E-state index contributed by atoms with van der Waals surface area (Å²) in [6.07, 6.45) is 1.65. The van der Waals surface area contributed by atoms with Gasteiger partial charge in [0.1, 0.15) is 0 Å². The highest BCUT2D eigenvalue weighted by molar-refractivity contribution is 7.13. The van der Waals surface area contributed by atoms with E-state index in [0.29, 0.717) is 23.1 Å². The molecule has 1 aromatic carbocycles. The average molecular weight is 326 g/mol. The Kier molecular flexibility index (Phi) is 5.41. The predicted octanol–water partition coefficient (Wildman–Crippen LogP) is 3.96. The van der Waals surface area contributed by atoms with Crippen LogP contribution in [-0.4, -0.2) is 24.9 Å². The molecule has 0 atom stereocenters. The third-order valence-electron chi connectivity index (χ3n) is 2.53. The highest BCUT2D eigenvalue weighted by Gasteiger charge is 2.10. The number of nitrogens with one attached hydrogen (secondary N) is 1. The van der Waals surface area contributed by atoms with Crippen LogP contribution in [0.25, 0.3) is 0 Å². The Morgan fingerprint density at radius 2 is 2.29 bits per heavy atom. The molecule has 5 nitrogen and oxygen atoms in total. The van der Waals surface area contributed by atoms with Gasteiger partial charge < -0.3 is 9.47 Å². The summed E-state index contributed by atoms with van der Waals surface area (Å²) in [5.41, 5.74) is 4.64. The normalized spacial score (nSPS) is 10.9. The molecule has 21 heavy (non-hydrogen) atoms. The van der Waals surface area contributed by atoms with Gasteiger partial charge in [-0.05, 0) is 31.5 Å². The Morgan fingerprint density at radius 1 is 1.48 bits per heavy atom. The van der Waals surface area contributed by atoms with E-state index in [1.165, 1.54) is 11.3 Å². The van der Waals surface area contributed by atoms with E-state index in [-0.39, 0.29) is 0 Å². The lowest BCUT2D eigenvalue weighted by Gasteiger charge is -2.11. The first-order chi connectivity index (χ1) is 10.1. The van der Waals surface area contributed by atoms with Crippen LogP contribution >= 0.6 is 22.9 Å². The summed E-state index contributed by atoms with van der Waals surface area (Å²) in [6.45, 7) is 4.35. The van der Waals surface area contributed by atoms with Gasteiger partial charge in [0.2, 0.25) is 5.13 Å². The fourth-order valence-corrected chi connectivity index (χ4v) is 2.58. The van der Waals surface area contributed by atoms with Crippen LogP contribution in [0, 0.1) is 6.92 Å². The van der Waals surface area contributed by atoms with Crippen LogP contribution in [0.2, 0.25) is 5.02 Å². The summed E-state index contributed by atoms with van der Waals surface area (Å²) in [7, 11) is 1.58. The monoisotopic (exact) mass is 325 g/mol. The van der Waals surface area contributed by atoms with Crippen LogP contribution in [0.3, 0.4) is 0 Å². The molecule has 112 valence electrons. The lowest BCUT2D eigenvalue weighted by atomic mass is 10.2. The Hall–Kier alpha value is -1.79. The Labute approximate surface area is 132 Å². The second kappa shape index (κ2) is 7.28. The summed E-state index contributed by atoms with van der Waals surface area (Å²) in [6, 6.07) is 3.59. The van der Waals surface area contributed by atoms with Gasteiger partial charge in [0.25, 0.3) is 0 Å². The Bertz CT molecular complexity index is 643. The minimum atomic E-state index is 0.489. The molecule has 0 saturated heterocycles. The van der Waals surface area contributed by atoms with Gasteiger partial charge in [0, 0.05) is 5.38 Å². The zero-order valence-corrected chi connectivity index (χ0v) is 13.6. The largest absolute Gasteiger partial charge is 0.493 e. The molecule has 1 aromatic heterocycles. The number of aryl methyl sites for hydroxylation is 1. The van der Waals surface area contributed by atoms with Gasteiger partial charge in [-0.3, -0.25) is 5.43 Å². The number of hydrogen-bond acceptors (Lipinski definition) is 6. The molecule has 0 spiro atoms. The summed E-state index contributed by atoms with van der Waals surface area (Å²) >= 11 is 7.69. The number of thiazole rings is 1. The number of ether oxygens (including phenoxy) is 2. The summed E-state index contributed by atoms with van der Waals surface area (Å²) in [5.74, 6) is 1.12. The maximum atomic E-state index is 6.19. The maximum Gasteiger partial charge on any atom is 0.203 e. The third kappa shape index (κ3) is 4.09. The van der Waals surface area contributed by atoms with Crippen LogP contribution < -0.4 is 14.9 Å². The molecule has 7 heteroatoms. The first-order valence-electron chi connectivity index (χ1n) is 6.35. The van der Waals surface area contributed by atoms with Gasteiger partial charge in [-0.25, -0.2) is 4.98 Å². The smallest absolute Gasteiger partial charge is 0.203 e. The van der Waals surface area contributed by atoms with E-state index < -0.39 is 0 Å². The molecule has 0 aliphatic carbocycles. The van der Waals surface area contributed by atoms with Crippen molar-refractivity contribution >= 4 is 34.3 Å². The molecule has 1 heterocycles. The number of benzene rings is 1. The summed E-state index contributed by atoms with van der Waals surface area (Å²) in [5, 5.41) is 7.32. The molecule has 1 N–H and O–H groups in total. The third-order valence-corrected chi connectivity index (χ3v) is 3.68. The van der Waals surface area contributed by atoms with Crippen LogP contribution in [0.4, 0.5) is 5.13 Å². The topological polar surface area (TPSA) is 55.7 Å². The first kappa shape index (κ1) is 15.6. The van der Waals surface area contributed by atoms with Gasteiger partial charge in [-0.2, -0.15) is 5.10 Å². The molecule has 2 aromatic rings. The molecule has 0 fully saturated rings. The lowest BCUT2D eigenvalue weighted by molar-refractivity contribution is 0.311. The highest BCUT2D eigenvalue weighted by Crippen LogP contribution is 2.35. The number of methoxy groups -OCH3 is 1. The van der Waals surface area contributed by atoms with E-state index in [4.69, 9.17) is 21.1 Å². The zero-order valence-electron chi connectivity index (χ0n) is 12.0. The summed E-state index contributed by atoms with van der Waals surface area (Å²) < 4.78 is 10.8. The van der Waals surface area contributed by atoms with E-state index in [9.17, 15) is 0 Å². The molecule has 0 radical (unpaired) electrons. The van der Waals surface area contributed by atoms with Crippen LogP contribution in [0.5, 0.6) is 11.5 Å². The van der Waals surface area contributed by atoms with E-state index >= 15 is 0 Å².